The van der Waals surface area contributed by atoms with E-state index < -0.39 is 16.1 Å². The Hall–Kier alpha value is -4.31. The van der Waals surface area contributed by atoms with Crippen LogP contribution in [0.25, 0.3) is 22.3 Å². The number of hydrogen-bond donors (Lipinski definition) is 1. The highest BCUT2D eigenvalue weighted by Crippen LogP contribution is 2.29. The van der Waals surface area contributed by atoms with Crippen LogP contribution in [0.3, 0.4) is 0 Å². The molecule has 234 valence electrons. The highest BCUT2D eigenvalue weighted by molar-refractivity contribution is 7.89. The number of Topliss-reactive ketones (excluding diaryl/α,β-unsaturated/α-hetero) is 1. The van der Waals surface area contributed by atoms with Crippen molar-refractivity contribution in [3.05, 3.63) is 109 Å². The zero-order chi connectivity index (χ0) is 31.8. The average molecular weight is 625 g/mol. The molecule has 0 aromatic heterocycles. The second-order valence-corrected chi connectivity index (χ2v) is 12.9. The summed E-state index contributed by atoms with van der Waals surface area (Å²) in [5, 5.41) is 3.01. The Bertz CT molecular complexity index is 1690. The summed E-state index contributed by atoms with van der Waals surface area (Å²) in [5.74, 6) is -0.200. The predicted molar refractivity (Wildman–Crippen MR) is 179 cm³/mol. The Labute approximate surface area is 266 Å². The van der Waals surface area contributed by atoms with Gasteiger partial charge in [0.05, 0.1) is 10.6 Å². The van der Waals surface area contributed by atoms with Crippen molar-refractivity contribution in [3.8, 4) is 22.3 Å². The molecule has 5 rings (SSSR count). The fraction of sp³-hybridized carbons (Fsp3) is 0.278. The van der Waals surface area contributed by atoms with E-state index >= 15 is 0 Å². The summed E-state index contributed by atoms with van der Waals surface area (Å²) in [6.07, 6.45) is 0.192. The van der Waals surface area contributed by atoms with Gasteiger partial charge in [0.2, 0.25) is 10.0 Å². The first kappa shape index (κ1) is 32.1. The number of urea groups is 1. The summed E-state index contributed by atoms with van der Waals surface area (Å²) in [6, 6.07) is 32.5. The number of hydrogen-bond acceptors (Lipinski definition) is 5. The number of para-hydroxylation sites is 1. The van der Waals surface area contributed by atoms with Crippen molar-refractivity contribution < 1.29 is 18.0 Å². The summed E-state index contributed by atoms with van der Waals surface area (Å²) < 4.78 is 29.3. The number of benzene rings is 4. The number of carbonyl (C=O) groups is 2. The molecule has 45 heavy (non-hydrogen) atoms. The summed E-state index contributed by atoms with van der Waals surface area (Å²) >= 11 is 0. The van der Waals surface area contributed by atoms with Gasteiger partial charge < -0.3 is 15.1 Å². The van der Waals surface area contributed by atoms with Crippen molar-refractivity contribution in [1.29, 1.82) is 0 Å². The van der Waals surface area contributed by atoms with Crippen LogP contribution >= 0.6 is 0 Å². The number of carbonyl (C=O) groups excluding carboxylic acids is 2. The third-order valence-corrected chi connectivity index (χ3v) is 10.3. The number of nitrogens with zero attached hydrogens (tertiary/aromatic N) is 3. The maximum absolute atomic E-state index is 14.0. The quantitative estimate of drug-likeness (QED) is 0.214. The van der Waals surface area contributed by atoms with E-state index in [2.05, 4.69) is 10.2 Å². The first-order valence-electron chi connectivity index (χ1n) is 15.4. The SMILES string of the molecule is CCN(CC)CCC(=O)C1CN(C(=O)Nc2ccccc2-c2ccccc2)CCN1S(=O)(=O)c1ccc(-c2ccccc2)cc1. The Kier molecular flexibility index (Phi) is 10.4. The van der Waals surface area contributed by atoms with Gasteiger partial charge in [-0.3, -0.25) is 4.79 Å². The predicted octanol–water partition coefficient (Wildman–Crippen LogP) is 6.23. The van der Waals surface area contributed by atoms with E-state index in [4.69, 9.17) is 0 Å². The largest absolute Gasteiger partial charge is 0.321 e. The van der Waals surface area contributed by atoms with Gasteiger partial charge in [-0.25, -0.2) is 13.2 Å². The van der Waals surface area contributed by atoms with Crippen LogP contribution in [0.2, 0.25) is 0 Å². The van der Waals surface area contributed by atoms with Crippen molar-refractivity contribution in [1.82, 2.24) is 14.1 Å². The van der Waals surface area contributed by atoms with Crippen molar-refractivity contribution >= 4 is 27.5 Å². The molecule has 1 aliphatic heterocycles. The van der Waals surface area contributed by atoms with Crippen LogP contribution < -0.4 is 5.32 Å². The monoisotopic (exact) mass is 624 g/mol. The lowest BCUT2D eigenvalue weighted by Gasteiger charge is -2.40. The topological polar surface area (TPSA) is 90.0 Å². The number of sulfonamides is 1. The summed E-state index contributed by atoms with van der Waals surface area (Å²) in [6.45, 7) is 6.31. The molecule has 0 spiro atoms. The average Bonchev–Trinajstić information content (AvgIpc) is 3.09. The standard InChI is InChI=1S/C36H40N4O4S/c1-3-38(4-2)24-23-35(41)34-27-39(36(42)37-33-18-12-11-17-32(33)30-15-9-6-10-16-30)25-26-40(34)45(43,44)31-21-19-29(20-22-31)28-13-7-5-8-14-28/h5-22,34H,3-4,23-27H2,1-2H3,(H,37,42). The van der Waals surface area contributed by atoms with E-state index in [1.165, 1.54) is 4.31 Å². The van der Waals surface area contributed by atoms with Gasteiger partial charge in [-0.05, 0) is 48.0 Å². The molecular weight excluding hydrogens is 584 g/mol. The van der Waals surface area contributed by atoms with E-state index in [1.54, 1.807) is 29.2 Å². The van der Waals surface area contributed by atoms with Crippen molar-refractivity contribution in [3.63, 3.8) is 0 Å². The summed E-state index contributed by atoms with van der Waals surface area (Å²) in [4.78, 5) is 31.1. The first-order chi connectivity index (χ1) is 21.8. The summed E-state index contributed by atoms with van der Waals surface area (Å²) in [5.41, 5.74) is 4.37. The lowest BCUT2D eigenvalue weighted by atomic mass is 10.0. The van der Waals surface area contributed by atoms with Gasteiger partial charge in [0.1, 0.15) is 6.04 Å². The lowest BCUT2D eigenvalue weighted by Crippen LogP contribution is -2.60. The number of ketones is 1. The maximum Gasteiger partial charge on any atom is 0.321 e. The van der Waals surface area contributed by atoms with Gasteiger partial charge in [0.15, 0.2) is 5.78 Å². The minimum absolute atomic E-state index is 0.0121. The van der Waals surface area contributed by atoms with Crippen LogP contribution in [0.1, 0.15) is 20.3 Å². The number of anilines is 1. The van der Waals surface area contributed by atoms with Crippen LogP contribution in [0.4, 0.5) is 10.5 Å². The molecule has 2 amide bonds. The second-order valence-electron chi connectivity index (χ2n) is 11.1. The lowest BCUT2D eigenvalue weighted by molar-refractivity contribution is -0.124. The molecular formula is C36H40N4O4S. The van der Waals surface area contributed by atoms with E-state index in [1.807, 2.05) is 98.8 Å². The van der Waals surface area contributed by atoms with Crippen LogP contribution in [0.5, 0.6) is 0 Å². The number of rotatable bonds is 11. The molecule has 4 aromatic carbocycles. The highest BCUT2D eigenvalue weighted by atomic mass is 32.2. The van der Waals surface area contributed by atoms with Crippen LogP contribution in [0, 0.1) is 0 Å². The molecule has 9 heteroatoms. The van der Waals surface area contributed by atoms with Gasteiger partial charge in [-0.15, -0.1) is 0 Å². The van der Waals surface area contributed by atoms with Gasteiger partial charge >= 0.3 is 6.03 Å². The smallest absolute Gasteiger partial charge is 0.321 e. The third-order valence-electron chi connectivity index (χ3n) is 8.38. The van der Waals surface area contributed by atoms with Gasteiger partial charge in [0.25, 0.3) is 0 Å². The van der Waals surface area contributed by atoms with Crippen molar-refractivity contribution in [2.24, 2.45) is 0 Å². The van der Waals surface area contributed by atoms with Crippen molar-refractivity contribution in [2.75, 3.05) is 44.6 Å². The molecule has 4 aromatic rings. The second kappa shape index (κ2) is 14.6. The molecule has 8 nitrogen and oxygen atoms in total. The first-order valence-corrected chi connectivity index (χ1v) is 16.9. The number of nitrogens with one attached hydrogen (secondary N) is 1. The van der Waals surface area contributed by atoms with E-state index in [-0.39, 0.29) is 42.8 Å². The Morgan fingerprint density at radius 3 is 1.98 bits per heavy atom. The van der Waals surface area contributed by atoms with Crippen LogP contribution in [-0.2, 0) is 14.8 Å². The van der Waals surface area contributed by atoms with E-state index in [9.17, 15) is 18.0 Å². The molecule has 1 saturated heterocycles. The van der Waals surface area contributed by atoms with Crippen LogP contribution in [0.15, 0.2) is 114 Å². The molecule has 0 radical (unpaired) electrons. The highest BCUT2D eigenvalue weighted by Gasteiger charge is 2.41. The molecule has 1 N–H and O–H groups in total. The minimum Gasteiger partial charge on any atom is -0.321 e. The minimum atomic E-state index is -4.02. The Morgan fingerprint density at radius 2 is 1.33 bits per heavy atom. The molecule has 0 saturated carbocycles. The Morgan fingerprint density at radius 1 is 0.756 bits per heavy atom. The molecule has 1 heterocycles. The van der Waals surface area contributed by atoms with Gasteiger partial charge in [-0.2, -0.15) is 4.31 Å². The molecule has 1 unspecified atom stereocenters. The van der Waals surface area contributed by atoms with Crippen LogP contribution in [-0.4, -0.2) is 79.6 Å². The maximum atomic E-state index is 14.0. The molecule has 0 aliphatic carbocycles. The van der Waals surface area contributed by atoms with Gasteiger partial charge in [0, 0.05) is 38.2 Å². The molecule has 1 fully saturated rings. The summed E-state index contributed by atoms with van der Waals surface area (Å²) in [7, 11) is -4.02. The fourth-order valence-electron chi connectivity index (χ4n) is 5.72. The van der Waals surface area contributed by atoms with Crippen molar-refractivity contribution in [2.45, 2.75) is 31.2 Å². The molecule has 0 bridgehead atoms. The van der Waals surface area contributed by atoms with E-state index in [0.29, 0.717) is 12.2 Å². The number of amides is 2. The third kappa shape index (κ3) is 7.50. The van der Waals surface area contributed by atoms with E-state index in [0.717, 1.165) is 35.3 Å². The fourth-order valence-corrected chi connectivity index (χ4v) is 7.31. The Balaban J connectivity index is 1.38. The zero-order valence-electron chi connectivity index (χ0n) is 25.8. The van der Waals surface area contributed by atoms with Gasteiger partial charge in [-0.1, -0.05) is 105 Å². The molecule has 1 atom stereocenters. The number of piperazine rings is 1. The molecule has 1 aliphatic rings. The normalized spacial score (nSPS) is 15.6. The zero-order valence-corrected chi connectivity index (χ0v) is 26.6.